The summed E-state index contributed by atoms with van der Waals surface area (Å²) in [6.07, 6.45) is 1.68. The molecule has 0 bridgehead atoms. The molecule has 7 nitrogen and oxygen atoms in total. The fourth-order valence-electron chi connectivity index (χ4n) is 2.89. The Hall–Kier alpha value is -3.22. The lowest BCUT2D eigenvalue weighted by Crippen LogP contribution is -2.27. The van der Waals surface area contributed by atoms with E-state index < -0.39 is 0 Å². The summed E-state index contributed by atoms with van der Waals surface area (Å²) >= 11 is 0. The van der Waals surface area contributed by atoms with E-state index in [1.807, 2.05) is 36.4 Å². The molecule has 1 amide bonds. The standard InChI is InChI=1S/C17H16N6O/c1-22-15(7-13(21-22)11-5-3-2-4-6-11)16(24)23-9-12-8-19-17(18)20-14(12)10-23/h2-8H,9-10H2,1H3,(H2,18,19,20). The Bertz CT molecular complexity index is 918. The number of hydrogen-bond acceptors (Lipinski definition) is 5. The average molecular weight is 320 g/mol. The Balaban J connectivity index is 1.61. The number of amides is 1. The van der Waals surface area contributed by atoms with E-state index in [1.165, 1.54) is 0 Å². The second-order valence-electron chi connectivity index (χ2n) is 5.77. The molecular weight excluding hydrogens is 304 g/mol. The number of rotatable bonds is 2. The van der Waals surface area contributed by atoms with Gasteiger partial charge in [-0.15, -0.1) is 0 Å². The minimum Gasteiger partial charge on any atom is -0.368 e. The maximum Gasteiger partial charge on any atom is 0.272 e. The highest BCUT2D eigenvalue weighted by Crippen LogP contribution is 2.24. The third-order valence-electron chi connectivity index (χ3n) is 4.13. The minimum absolute atomic E-state index is 0.0799. The van der Waals surface area contributed by atoms with Crippen LogP contribution >= 0.6 is 0 Å². The second kappa shape index (κ2) is 5.45. The van der Waals surface area contributed by atoms with Crippen molar-refractivity contribution >= 4 is 11.9 Å². The van der Waals surface area contributed by atoms with Gasteiger partial charge in [0.05, 0.1) is 17.9 Å². The van der Waals surface area contributed by atoms with Crippen molar-refractivity contribution in [2.45, 2.75) is 13.1 Å². The van der Waals surface area contributed by atoms with Crippen molar-refractivity contribution in [2.75, 3.05) is 5.73 Å². The van der Waals surface area contributed by atoms with Crippen LogP contribution in [-0.2, 0) is 20.1 Å². The van der Waals surface area contributed by atoms with Gasteiger partial charge in [-0.2, -0.15) is 5.10 Å². The van der Waals surface area contributed by atoms with Gasteiger partial charge in [0.15, 0.2) is 0 Å². The maximum atomic E-state index is 12.9. The number of aromatic nitrogens is 4. The fourth-order valence-corrected chi connectivity index (χ4v) is 2.89. The van der Waals surface area contributed by atoms with Crippen LogP contribution in [0.4, 0.5) is 5.95 Å². The predicted molar refractivity (Wildman–Crippen MR) is 88.7 cm³/mol. The van der Waals surface area contributed by atoms with Gasteiger partial charge in [-0.05, 0) is 6.07 Å². The monoisotopic (exact) mass is 320 g/mol. The number of carbonyl (C=O) groups excluding carboxylic acids is 1. The summed E-state index contributed by atoms with van der Waals surface area (Å²) in [6, 6.07) is 11.6. The highest BCUT2D eigenvalue weighted by atomic mass is 16.2. The molecule has 0 atom stereocenters. The molecule has 120 valence electrons. The second-order valence-corrected chi connectivity index (χ2v) is 5.77. The zero-order valence-electron chi connectivity index (χ0n) is 13.2. The van der Waals surface area contributed by atoms with Gasteiger partial charge < -0.3 is 10.6 Å². The van der Waals surface area contributed by atoms with Crippen LogP contribution in [0, 0.1) is 0 Å². The molecule has 0 fully saturated rings. The van der Waals surface area contributed by atoms with E-state index in [0.717, 1.165) is 22.5 Å². The van der Waals surface area contributed by atoms with E-state index in [4.69, 9.17) is 5.73 Å². The van der Waals surface area contributed by atoms with Crippen molar-refractivity contribution in [3.05, 3.63) is 59.5 Å². The van der Waals surface area contributed by atoms with Gasteiger partial charge >= 0.3 is 0 Å². The highest BCUT2D eigenvalue weighted by molar-refractivity contribution is 5.94. The molecule has 0 saturated carbocycles. The lowest BCUT2D eigenvalue weighted by atomic mass is 10.1. The van der Waals surface area contributed by atoms with Gasteiger partial charge in [-0.1, -0.05) is 30.3 Å². The van der Waals surface area contributed by atoms with Gasteiger partial charge in [0, 0.05) is 30.9 Å². The molecule has 4 rings (SSSR count). The van der Waals surface area contributed by atoms with Crippen LogP contribution in [0.5, 0.6) is 0 Å². The van der Waals surface area contributed by atoms with Crippen LogP contribution in [0.15, 0.2) is 42.6 Å². The number of nitrogen functional groups attached to an aromatic ring is 1. The molecule has 2 aromatic heterocycles. The largest absolute Gasteiger partial charge is 0.368 e. The Morgan fingerprint density at radius 1 is 1.21 bits per heavy atom. The van der Waals surface area contributed by atoms with E-state index >= 15 is 0 Å². The van der Waals surface area contributed by atoms with Gasteiger partial charge in [-0.25, -0.2) is 9.97 Å². The van der Waals surface area contributed by atoms with Gasteiger partial charge in [0.1, 0.15) is 5.69 Å². The van der Waals surface area contributed by atoms with Crippen LogP contribution in [-0.4, -0.2) is 30.6 Å². The van der Waals surface area contributed by atoms with Gasteiger partial charge in [0.2, 0.25) is 5.95 Å². The van der Waals surface area contributed by atoms with Crippen LogP contribution in [0.1, 0.15) is 21.7 Å². The van der Waals surface area contributed by atoms with Crippen LogP contribution in [0.2, 0.25) is 0 Å². The third kappa shape index (κ3) is 2.40. The fraction of sp³-hybridized carbons (Fsp3) is 0.176. The van der Waals surface area contributed by atoms with Crippen molar-refractivity contribution in [1.82, 2.24) is 24.6 Å². The lowest BCUT2D eigenvalue weighted by molar-refractivity contribution is 0.0739. The molecular formula is C17H16N6O. The predicted octanol–water partition coefficient (Wildman–Crippen LogP) is 1.62. The number of benzene rings is 1. The summed E-state index contributed by atoms with van der Waals surface area (Å²) in [6.45, 7) is 0.924. The molecule has 24 heavy (non-hydrogen) atoms. The minimum atomic E-state index is -0.0799. The number of nitrogens with two attached hydrogens (primary N) is 1. The van der Waals surface area contributed by atoms with E-state index in [9.17, 15) is 4.79 Å². The number of carbonyl (C=O) groups is 1. The van der Waals surface area contributed by atoms with Crippen molar-refractivity contribution in [3.8, 4) is 11.3 Å². The summed E-state index contributed by atoms with van der Waals surface area (Å²) in [5, 5.41) is 4.46. The Labute approximate surface area is 138 Å². The van der Waals surface area contributed by atoms with Crippen molar-refractivity contribution in [2.24, 2.45) is 7.05 Å². The molecule has 1 aliphatic heterocycles. The molecule has 3 aromatic rings. The zero-order valence-corrected chi connectivity index (χ0v) is 13.2. The summed E-state index contributed by atoms with van der Waals surface area (Å²) in [7, 11) is 1.78. The first-order valence-electron chi connectivity index (χ1n) is 7.61. The Morgan fingerprint density at radius 2 is 2.00 bits per heavy atom. The molecule has 0 radical (unpaired) electrons. The van der Waals surface area contributed by atoms with E-state index in [0.29, 0.717) is 18.8 Å². The topological polar surface area (TPSA) is 89.9 Å². The molecule has 0 spiro atoms. The Morgan fingerprint density at radius 3 is 2.79 bits per heavy atom. The normalized spacial score (nSPS) is 13.1. The van der Waals surface area contributed by atoms with Crippen molar-refractivity contribution in [1.29, 1.82) is 0 Å². The van der Waals surface area contributed by atoms with Crippen LogP contribution in [0.3, 0.4) is 0 Å². The van der Waals surface area contributed by atoms with Crippen molar-refractivity contribution < 1.29 is 4.79 Å². The Kier molecular flexibility index (Phi) is 3.26. The lowest BCUT2D eigenvalue weighted by Gasteiger charge is -2.14. The zero-order chi connectivity index (χ0) is 16.7. The molecule has 3 heterocycles. The SMILES string of the molecule is Cn1nc(-c2ccccc2)cc1C(=O)N1Cc2cnc(N)nc2C1. The molecule has 0 unspecified atom stereocenters. The highest BCUT2D eigenvalue weighted by Gasteiger charge is 2.28. The van der Waals surface area contributed by atoms with Crippen LogP contribution < -0.4 is 5.73 Å². The number of fused-ring (bicyclic) bond motifs is 1. The molecule has 1 aromatic carbocycles. The van der Waals surface area contributed by atoms with Crippen molar-refractivity contribution in [3.63, 3.8) is 0 Å². The van der Waals surface area contributed by atoms with E-state index in [1.54, 1.807) is 22.8 Å². The van der Waals surface area contributed by atoms with Crippen LogP contribution in [0.25, 0.3) is 11.3 Å². The summed E-state index contributed by atoms with van der Waals surface area (Å²) < 4.78 is 1.62. The number of anilines is 1. The van der Waals surface area contributed by atoms with Gasteiger partial charge in [-0.3, -0.25) is 9.48 Å². The molecule has 0 saturated heterocycles. The summed E-state index contributed by atoms with van der Waals surface area (Å²) in [5.74, 6) is 0.152. The number of aryl methyl sites for hydroxylation is 1. The van der Waals surface area contributed by atoms with E-state index in [-0.39, 0.29) is 11.9 Å². The quantitative estimate of drug-likeness (QED) is 0.775. The number of nitrogens with zero attached hydrogens (tertiary/aromatic N) is 5. The summed E-state index contributed by atoms with van der Waals surface area (Å²) in [5.41, 5.74) is 9.66. The first kappa shape index (κ1) is 14.4. The number of hydrogen-bond donors (Lipinski definition) is 1. The molecule has 0 aliphatic carbocycles. The molecule has 1 aliphatic rings. The van der Waals surface area contributed by atoms with E-state index in [2.05, 4.69) is 15.1 Å². The smallest absolute Gasteiger partial charge is 0.272 e. The van der Waals surface area contributed by atoms with Gasteiger partial charge in [0.25, 0.3) is 5.91 Å². The third-order valence-corrected chi connectivity index (χ3v) is 4.13. The first-order valence-corrected chi connectivity index (χ1v) is 7.61. The summed E-state index contributed by atoms with van der Waals surface area (Å²) in [4.78, 5) is 22.8. The molecule has 2 N–H and O–H groups in total. The maximum absolute atomic E-state index is 12.9. The molecule has 7 heteroatoms. The first-order chi connectivity index (χ1) is 11.6. The average Bonchev–Trinajstić information content (AvgIpc) is 3.18.